The van der Waals surface area contributed by atoms with Gasteiger partial charge in [0, 0.05) is 22.5 Å². The molecule has 0 fully saturated rings. The molecule has 0 spiro atoms. The van der Waals surface area contributed by atoms with Crippen molar-refractivity contribution in [3.63, 3.8) is 0 Å². The molecule has 0 aliphatic carbocycles. The smallest absolute Gasteiger partial charge is 0.162 e. The Morgan fingerprint density at radius 3 is 2.40 bits per heavy atom. The average molecular weight is 518 g/mol. The lowest BCUT2D eigenvalue weighted by Gasteiger charge is -2.20. The molecule has 8 heteroatoms. The van der Waals surface area contributed by atoms with Gasteiger partial charge < -0.3 is 19.7 Å². The summed E-state index contributed by atoms with van der Waals surface area (Å²) in [6.07, 6.45) is 5.87. The number of halogens is 2. The Balaban J connectivity index is 1.86. The molecule has 0 radical (unpaired) electrons. The summed E-state index contributed by atoms with van der Waals surface area (Å²) in [5, 5.41) is 5.70. The van der Waals surface area contributed by atoms with E-state index in [2.05, 4.69) is 31.0 Å². The second-order valence-corrected chi connectivity index (χ2v) is 9.21. The molecule has 0 saturated heterocycles. The maximum atomic E-state index is 6.45. The van der Waals surface area contributed by atoms with E-state index in [1.165, 1.54) is 0 Å². The standard InChI is InChI=1S/C27H34Cl2N4O2/c1-6-33(7-2)14-8-9-18(3)30-27-21-12-11-20(28)16-23(21)31-26(32-27)13-10-19-15-24(34-4)25(35-5)17-22(19)29/h10-13,15-18H,6-9,14H2,1-5H3,(H,30,31,32)/b13-10+. The molecular formula is C27H34Cl2N4O2. The monoisotopic (exact) mass is 516 g/mol. The number of methoxy groups -OCH3 is 2. The van der Waals surface area contributed by atoms with Crippen LogP contribution < -0.4 is 14.8 Å². The third kappa shape index (κ3) is 7.23. The largest absolute Gasteiger partial charge is 0.493 e. The van der Waals surface area contributed by atoms with Gasteiger partial charge in [0.25, 0.3) is 0 Å². The molecule has 6 nitrogen and oxygen atoms in total. The minimum Gasteiger partial charge on any atom is -0.493 e. The molecular weight excluding hydrogens is 483 g/mol. The van der Waals surface area contributed by atoms with Crippen LogP contribution in [0.25, 0.3) is 23.1 Å². The molecule has 1 heterocycles. The molecule has 2 aromatic carbocycles. The molecule has 0 aliphatic rings. The van der Waals surface area contributed by atoms with Crippen LogP contribution in [0.4, 0.5) is 5.82 Å². The Morgan fingerprint density at radius 2 is 1.71 bits per heavy atom. The summed E-state index contributed by atoms with van der Waals surface area (Å²) in [5.41, 5.74) is 1.56. The third-order valence-corrected chi connectivity index (χ3v) is 6.54. The summed E-state index contributed by atoms with van der Waals surface area (Å²) in [6, 6.07) is 9.50. The lowest BCUT2D eigenvalue weighted by atomic mass is 10.1. The van der Waals surface area contributed by atoms with Gasteiger partial charge in [-0.1, -0.05) is 37.0 Å². The molecule has 0 aliphatic heterocycles. The van der Waals surface area contributed by atoms with E-state index in [1.807, 2.05) is 36.4 Å². The van der Waals surface area contributed by atoms with Gasteiger partial charge in [0.2, 0.25) is 0 Å². The van der Waals surface area contributed by atoms with Crippen LogP contribution in [-0.2, 0) is 0 Å². The Bertz CT molecular complexity index is 1170. The second-order valence-electron chi connectivity index (χ2n) is 8.37. The van der Waals surface area contributed by atoms with Crippen molar-refractivity contribution in [3.05, 3.63) is 51.8 Å². The van der Waals surface area contributed by atoms with Gasteiger partial charge in [-0.3, -0.25) is 0 Å². The first-order valence-electron chi connectivity index (χ1n) is 11.9. The normalized spacial score (nSPS) is 12.5. The molecule has 188 valence electrons. The fourth-order valence-corrected chi connectivity index (χ4v) is 4.32. The average Bonchev–Trinajstić information content (AvgIpc) is 2.85. The first kappa shape index (κ1) is 27.1. The SMILES string of the molecule is CCN(CC)CCCC(C)Nc1nc(/C=C/c2cc(OC)c(OC)cc2Cl)nc2cc(Cl)ccc12. The highest BCUT2D eigenvalue weighted by Gasteiger charge is 2.12. The van der Waals surface area contributed by atoms with E-state index in [-0.39, 0.29) is 6.04 Å². The fourth-order valence-electron chi connectivity index (χ4n) is 3.93. The number of aromatic nitrogens is 2. The molecule has 1 N–H and O–H groups in total. The molecule has 1 aromatic heterocycles. The predicted molar refractivity (Wildman–Crippen MR) is 148 cm³/mol. The molecule has 1 unspecified atom stereocenters. The van der Waals surface area contributed by atoms with Crippen LogP contribution in [0, 0.1) is 0 Å². The van der Waals surface area contributed by atoms with E-state index in [9.17, 15) is 0 Å². The van der Waals surface area contributed by atoms with Crippen molar-refractivity contribution in [2.24, 2.45) is 0 Å². The van der Waals surface area contributed by atoms with Crippen LogP contribution in [0.15, 0.2) is 30.3 Å². The molecule has 3 aromatic rings. The van der Waals surface area contributed by atoms with Crippen molar-refractivity contribution in [2.75, 3.05) is 39.2 Å². The highest BCUT2D eigenvalue weighted by atomic mass is 35.5. The van der Waals surface area contributed by atoms with E-state index in [1.54, 1.807) is 20.3 Å². The lowest BCUT2D eigenvalue weighted by Crippen LogP contribution is -2.25. The van der Waals surface area contributed by atoms with Gasteiger partial charge in [-0.05, 0) is 81.4 Å². The van der Waals surface area contributed by atoms with Gasteiger partial charge in [-0.2, -0.15) is 0 Å². The van der Waals surface area contributed by atoms with Crippen molar-refractivity contribution in [1.29, 1.82) is 0 Å². The van der Waals surface area contributed by atoms with E-state index in [0.717, 1.165) is 54.8 Å². The minimum atomic E-state index is 0.261. The van der Waals surface area contributed by atoms with Crippen molar-refractivity contribution in [2.45, 2.75) is 39.7 Å². The number of nitrogens with one attached hydrogen (secondary N) is 1. The van der Waals surface area contributed by atoms with Gasteiger partial charge in [0.15, 0.2) is 17.3 Å². The number of rotatable bonds is 12. The van der Waals surface area contributed by atoms with Crippen LogP contribution in [0.3, 0.4) is 0 Å². The molecule has 35 heavy (non-hydrogen) atoms. The second kappa shape index (κ2) is 13.0. The Kier molecular flexibility index (Phi) is 10.0. The first-order chi connectivity index (χ1) is 16.9. The third-order valence-electron chi connectivity index (χ3n) is 5.98. The van der Waals surface area contributed by atoms with Crippen molar-refractivity contribution >= 4 is 52.1 Å². The lowest BCUT2D eigenvalue weighted by molar-refractivity contribution is 0.295. The van der Waals surface area contributed by atoms with Gasteiger partial charge in [-0.25, -0.2) is 9.97 Å². The number of hydrogen-bond acceptors (Lipinski definition) is 6. The van der Waals surface area contributed by atoms with Gasteiger partial charge in [-0.15, -0.1) is 0 Å². The maximum absolute atomic E-state index is 6.45. The van der Waals surface area contributed by atoms with Crippen LogP contribution >= 0.6 is 23.2 Å². The van der Waals surface area contributed by atoms with Crippen molar-refractivity contribution < 1.29 is 9.47 Å². The highest BCUT2D eigenvalue weighted by molar-refractivity contribution is 6.32. The van der Waals surface area contributed by atoms with Crippen LogP contribution in [0.1, 0.15) is 45.0 Å². The zero-order chi connectivity index (χ0) is 25.4. The molecule has 0 saturated carbocycles. The van der Waals surface area contributed by atoms with Gasteiger partial charge >= 0.3 is 0 Å². The fraction of sp³-hybridized carbons (Fsp3) is 0.407. The molecule has 0 amide bonds. The topological polar surface area (TPSA) is 59.5 Å². The Morgan fingerprint density at radius 1 is 1.00 bits per heavy atom. The number of anilines is 1. The summed E-state index contributed by atoms with van der Waals surface area (Å²) in [5.74, 6) is 2.53. The Labute approximate surface area is 218 Å². The summed E-state index contributed by atoms with van der Waals surface area (Å²) in [6.45, 7) is 9.84. The predicted octanol–water partition coefficient (Wildman–Crippen LogP) is 7.05. The molecule has 1 atom stereocenters. The van der Waals surface area contributed by atoms with E-state index in [4.69, 9.17) is 42.6 Å². The van der Waals surface area contributed by atoms with Crippen LogP contribution in [0.2, 0.25) is 10.0 Å². The highest BCUT2D eigenvalue weighted by Crippen LogP contribution is 2.34. The summed E-state index contributed by atoms with van der Waals surface area (Å²) >= 11 is 12.7. The summed E-state index contributed by atoms with van der Waals surface area (Å²) in [4.78, 5) is 12.0. The van der Waals surface area contributed by atoms with E-state index >= 15 is 0 Å². The number of ether oxygens (including phenoxy) is 2. The van der Waals surface area contributed by atoms with E-state index < -0.39 is 0 Å². The van der Waals surface area contributed by atoms with Crippen LogP contribution in [0.5, 0.6) is 11.5 Å². The summed E-state index contributed by atoms with van der Waals surface area (Å²) < 4.78 is 10.7. The number of hydrogen-bond donors (Lipinski definition) is 1. The number of fused-ring (bicyclic) bond motifs is 1. The Hall–Kier alpha value is -2.54. The zero-order valence-corrected chi connectivity index (χ0v) is 22.6. The van der Waals surface area contributed by atoms with E-state index in [0.29, 0.717) is 27.4 Å². The van der Waals surface area contributed by atoms with Gasteiger partial charge in [0.1, 0.15) is 5.82 Å². The number of benzene rings is 2. The minimum absolute atomic E-state index is 0.261. The quantitative estimate of drug-likeness (QED) is 0.278. The van der Waals surface area contributed by atoms with Gasteiger partial charge in [0.05, 0.1) is 24.8 Å². The van der Waals surface area contributed by atoms with Crippen molar-refractivity contribution in [1.82, 2.24) is 14.9 Å². The molecule has 3 rings (SSSR count). The zero-order valence-electron chi connectivity index (χ0n) is 21.1. The maximum Gasteiger partial charge on any atom is 0.162 e. The first-order valence-corrected chi connectivity index (χ1v) is 12.7. The summed E-state index contributed by atoms with van der Waals surface area (Å²) in [7, 11) is 3.17. The number of nitrogens with zero attached hydrogens (tertiary/aromatic N) is 3. The van der Waals surface area contributed by atoms with Crippen LogP contribution in [-0.4, -0.2) is 54.8 Å². The van der Waals surface area contributed by atoms with Crippen molar-refractivity contribution in [3.8, 4) is 11.5 Å². The molecule has 0 bridgehead atoms.